The van der Waals surface area contributed by atoms with E-state index in [4.69, 9.17) is 6.42 Å². The maximum atomic E-state index is 5.23. The molecule has 0 spiro atoms. The van der Waals surface area contributed by atoms with Crippen LogP contribution in [-0.4, -0.2) is 12.6 Å². The Kier molecular flexibility index (Phi) is 4.68. The monoisotopic (exact) mass is 221 g/mol. The van der Waals surface area contributed by atoms with E-state index >= 15 is 0 Å². The molecule has 0 radical (unpaired) electrons. The highest BCUT2D eigenvalue weighted by atomic mass is 35.5. The molecule has 1 aromatic rings. The van der Waals surface area contributed by atoms with Gasteiger partial charge in [0.2, 0.25) is 0 Å². The van der Waals surface area contributed by atoms with Crippen molar-refractivity contribution in [2.75, 3.05) is 6.54 Å². The van der Waals surface area contributed by atoms with Crippen molar-refractivity contribution in [3.05, 3.63) is 35.4 Å². The van der Waals surface area contributed by atoms with E-state index in [1.165, 1.54) is 24.0 Å². The van der Waals surface area contributed by atoms with E-state index in [2.05, 4.69) is 35.5 Å². The van der Waals surface area contributed by atoms with Crippen LogP contribution >= 0.6 is 12.4 Å². The van der Waals surface area contributed by atoms with Crippen LogP contribution in [0.2, 0.25) is 0 Å². The molecule has 1 aliphatic carbocycles. The Hall–Kier alpha value is -0.970. The number of nitrogens with one attached hydrogen (secondary N) is 1. The van der Waals surface area contributed by atoms with E-state index in [0.29, 0.717) is 12.6 Å². The predicted molar refractivity (Wildman–Crippen MR) is 66.3 cm³/mol. The Balaban J connectivity index is 0.00000112. The van der Waals surface area contributed by atoms with Crippen LogP contribution < -0.4 is 5.32 Å². The molecule has 0 aromatic heterocycles. The predicted octanol–water partition coefficient (Wildman–Crippen LogP) is 2.19. The smallest absolute Gasteiger partial charge is 0.0576 e. The molecule has 1 nitrogen and oxygen atoms in total. The standard InChI is InChI=1S/C13H15N.ClH/c1-2-9-14-13-8-7-11-5-3-4-6-12(11)10-13;/h1,3-6,13-14H,7-10H2;1H. The molecule has 2 rings (SSSR count). The fraction of sp³-hybridized carbons (Fsp3) is 0.385. The molecule has 0 bridgehead atoms. The van der Waals surface area contributed by atoms with Crippen molar-refractivity contribution >= 4 is 12.4 Å². The molecule has 0 saturated carbocycles. The molecular weight excluding hydrogens is 206 g/mol. The third-order valence-corrected chi connectivity index (χ3v) is 2.84. The number of aryl methyl sites for hydroxylation is 1. The van der Waals surface area contributed by atoms with Crippen molar-refractivity contribution in [3.8, 4) is 12.3 Å². The van der Waals surface area contributed by atoms with Crippen LogP contribution in [0.25, 0.3) is 0 Å². The second kappa shape index (κ2) is 5.80. The Morgan fingerprint density at radius 1 is 1.33 bits per heavy atom. The first-order valence-electron chi connectivity index (χ1n) is 5.14. The topological polar surface area (TPSA) is 12.0 Å². The number of rotatable bonds is 2. The highest BCUT2D eigenvalue weighted by Crippen LogP contribution is 2.20. The van der Waals surface area contributed by atoms with Crippen molar-refractivity contribution < 1.29 is 0 Å². The third-order valence-electron chi connectivity index (χ3n) is 2.84. The third kappa shape index (κ3) is 2.99. The van der Waals surface area contributed by atoms with Gasteiger partial charge in [-0.15, -0.1) is 18.8 Å². The number of benzene rings is 1. The highest BCUT2D eigenvalue weighted by molar-refractivity contribution is 5.85. The zero-order chi connectivity index (χ0) is 9.80. The van der Waals surface area contributed by atoms with Gasteiger partial charge in [-0.2, -0.15) is 0 Å². The summed E-state index contributed by atoms with van der Waals surface area (Å²) < 4.78 is 0. The first-order valence-corrected chi connectivity index (χ1v) is 5.14. The van der Waals surface area contributed by atoms with E-state index in [9.17, 15) is 0 Å². The maximum absolute atomic E-state index is 5.23. The lowest BCUT2D eigenvalue weighted by Gasteiger charge is -2.24. The van der Waals surface area contributed by atoms with Crippen LogP contribution in [0.15, 0.2) is 24.3 Å². The van der Waals surface area contributed by atoms with Gasteiger partial charge in [0.25, 0.3) is 0 Å². The lowest BCUT2D eigenvalue weighted by molar-refractivity contribution is 0.482. The minimum absolute atomic E-state index is 0. The van der Waals surface area contributed by atoms with Crippen LogP contribution in [0, 0.1) is 12.3 Å². The van der Waals surface area contributed by atoms with E-state index < -0.39 is 0 Å². The largest absolute Gasteiger partial charge is 0.303 e. The van der Waals surface area contributed by atoms with E-state index in [1.54, 1.807) is 0 Å². The second-order valence-electron chi connectivity index (χ2n) is 3.79. The Morgan fingerprint density at radius 3 is 2.80 bits per heavy atom. The Morgan fingerprint density at radius 2 is 2.07 bits per heavy atom. The summed E-state index contributed by atoms with van der Waals surface area (Å²) in [4.78, 5) is 0. The molecule has 80 valence electrons. The first-order chi connectivity index (χ1) is 6.90. The van der Waals surface area contributed by atoms with Gasteiger partial charge >= 0.3 is 0 Å². The van der Waals surface area contributed by atoms with Gasteiger partial charge in [-0.1, -0.05) is 30.2 Å². The molecule has 0 amide bonds. The number of terminal acetylenes is 1. The van der Waals surface area contributed by atoms with Gasteiger partial charge in [0, 0.05) is 6.04 Å². The fourth-order valence-corrected chi connectivity index (χ4v) is 2.08. The molecule has 1 aliphatic rings. The zero-order valence-corrected chi connectivity index (χ0v) is 9.52. The number of hydrogen-bond acceptors (Lipinski definition) is 1. The summed E-state index contributed by atoms with van der Waals surface area (Å²) in [6, 6.07) is 9.25. The molecule has 0 aliphatic heterocycles. The molecule has 1 aromatic carbocycles. The van der Waals surface area contributed by atoms with E-state index in [-0.39, 0.29) is 12.4 Å². The molecule has 1 N–H and O–H groups in total. The molecule has 0 heterocycles. The van der Waals surface area contributed by atoms with Crippen LogP contribution in [0.5, 0.6) is 0 Å². The zero-order valence-electron chi connectivity index (χ0n) is 8.70. The van der Waals surface area contributed by atoms with Crippen LogP contribution in [-0.2, 0) is 12.8 Å². The molecule has 1 atom stereocenters. The summed E-state index contributed by atoms with van der Waals surface area (Å²) >= 11 is 0. The Labute approximate surface area is 97.7 Å². The van der Waals surface area contributed by atoms with Gasteiger partial charge in [-0.05, 0) is 30.4 Å². The summed E-state index contributed by atoms with van der Waals surface area (Å²) in [5.41, 5.74) is 2.99. The van der Waals surface area contributed by atoms with Crippen molar-refractivity contribution in [2.24, 2.45) is 0 Å². The van der Waals surface area contributed by atoms with E-state index in [0.717, 1.165) is 6.42 Å². The van der Waals surface area contributed by atoms with Crippen molar-refractivity contribution in [2.45, 2.75) is 25.3 Å². The van der Waals surface area contributed by atoms with Gasteiger partial charge in [-0.25, -0.2) is 0 Å². The maximum Gasteiger partial charge on any atom is 0.0576 e. The van der Waals surface area contributed by atoms with Crippen molar-refractivity contribution in [1.82, 2.24) is 5.32 Å². The van der Waals surface area contributed by atoms with Gasteiger partial charge in [0.15, 0.2) is 0 Å². The van der Waals surface area contributed by atoms with Crippen molar-refractivity contribution in [1.29, 1.82) is 0 Å². The number of fused-ring (bicyclic) bond motifs is 1. The van der Waals surface area contributed by atoms with Gasteiger partial charge < -0.3 is 5.32 Å². The molecule has 1 unspecified atom stereocenters. The molecule has 0 fully saturated rings. The summed E-state index contributed by atoms with van der Waals surface area (Å²) in [6.07, 6.45) is 8.74. The lowest BCUT2D eigenvalue weighted by atomic mass is 9.88. The Bertz CT molecular complexity index is 354. The van der Waals surface area contributed by atoms with Gasteiger partial charge in [0.05, 0.1) is 6.54 Å². The molecule has 0 saturated heterocycles. The average Bonchev–Trinajstić information content (AvgIpc) is 2.26. The summed E-state index contributed by atoms with van der Waals surface area (Å²) in [5, 5.41) is 3.38. The lowest BCUT2D eigenvalue weighted by Crippen LogP contribution is -2.34. The molecule has 2 heteroatoms. The highest BCUT2D eigenvalue weighted by Gasteiger charge is 2.16. The van der Waals surface area contributed by atoms with Crippen molar-refractivity contribution in [3.63, 3.8) is 0 Å². The number of hydrogen-bond donors (Lipinski definition) is 1. The second-order valence-corrected chi connectivity index (χ2v) is 3.79. The minimum Gasteiger partial charge on any atom is -0.303 e. The first kappa shape index (κ1) is 12.1. The van der Waals surface area contributed by atoms with E-state index in [1.807, 2.05) is 0 Å². The number of halogens is 1. The summed E-state index contributed by atoms with van der Waals surface area (Å²) in [6.45, 7) is 0.687. The summed E-state index contributed by atoms with van der Waals surface area (Å²) in [7, 11) is 0. The van der Waals surface area contributed by atoms with Crippen LogP contribution in [0.1, 0.15) is 17.5 Å². The summed E-state index contributed by atoms with van der Waals surface area (Å²) in [5.74, 6) is 2.63. The van der Waals surface area contributed by atoms with Crippen LogP contribution in [0.4, 0.5) is 0 Å². The van der Waals surface area contributed by atoms with Gasteiger partial charge in [0.1, 0.15) is 0 Å². The quantitative estimate of drug-likeness (QED) is 0.755. The normalized spacial score (nSPS) is 18.5. The SMILES string of the molecule is C#CCNC1CCc2ccccc2C1.Cl. The molecule has 15 heavy (non-hydrogen) atoms. The molecular formula is C13H16ClN. The van der Waals surface area contributed by atoms with Crippen LogP contribution in [0.3, 0.4) is 0 Å². The van der Waals surface area contributed by atoms with Gasteiger partial charge in [-0.3, -0.25) is 0 Å². The average molecular weight is 222 g/mol. The minimum atomic E-state index is 0. The fourth-order valence-electron chi connectivity index (χ4n) is 2.08.